The number of aliphatic hydroxyl groups is 2. The Hall–Kier alpha value is -0.910. The number of aliphatic hydroxyl groups excluding tert-OH is 2. The summed E-state index contributed by atoms with van der Waals surface area (Å²) in [6.45, 7) is 7.75. The minimum atomic E-state index is -0.575. The molecule has 0 heterocycles. The van der Waals surface area contributed by atoms with Crippen LogP contribution in [0, 0.1) is 5.41 Å². The molecule has 0 rings (SSSR count). The molecule has 5 nitrogen and oxygen atoms in total. The third kappa shape index (κ3) is 6.14. The first kappa shape index (κ1) is 17.1. The van der Waals surface area contributed by atoms with Gasteiger partial charge in [-0.05, 0) is 13.3 Å². The molecule has 18 heavy (non-hydrogen) atoms. The van der Waals surface area contributed by atoms with Crippen molar-refractivity contribution in [1.29, 1.82) is 0 Å². The van der Waals surface area contributed by atoms with Crippen molar-refractivity contribution >= 4 is 5.97 Å². The van der Waals surface area contributed by atoms with Gasteiger partial charge in [-0.15, -0.1) is 0 Å². The van der Waals surface area contributed by atoms with Crippen LogP contribution in [0.5, 0.6) is 0 Å². The molecule has 5 heteroatoms. The van der Waals surface area contributed by atoms with Crippen LogP contribution in [0.2, 0.25) is 0 Å². The highest BCUT2D eigenvalue weighted by Gasteiger charge is 2.26. The van der Waals surface area contributed by atoms with Gasteiger partial charge >= 0.3 is 5.97 Å². The summed E-state index contributed by atoms with van der Waals surface area (Å²) in [4.78, 5) is 11.0. The second-order valence-electron chi connectivity index (χ2n) is 4.49. The van der Waals surface area contributed by atoms with Crippen LogP contribution in [0.3, 0.4) is 0 Å². The second kappa shape index (κ2) is 9.08. The Balaban J connectivity index is 3.67. The minimum Gasteiger partial charge on any atom is -0.462 e. The number of esters is 1. The maximum Gasteiger partial charge on any atom is 0.333 e. The smallest absolute Gasteiger partial charge is 0.333 e. The van der Waals surface area contributed by atoms with Crippen molar-refractivity contribution in [2.45, 2.75) is 26.7 Å². The van der Waals surface area contributed by atoms with Crippen LogP contribution in [0.15, 0.2) is 12.2 Å². The number of ether oxygens (including phenoxy) is 2. The molecule has 2 N–H and O–H groups in total. The molecule has 106 valence electrons. The molecular weight excluding hydrogens is 236 g/mol. The van der Waals surface area contributed by atoms with Gasteiger partial charge in [0.15, 0.2) is 0 Å². The number of carbonyl (C=O) groups excluding carboxylic acids is 1. The summed E-state index contributed by atoms with van der Waals surface area (Å²) < 4.78 is 10.3. The van der Waals surface area contributed by atoms with E-state index in [0.717, 1.165) is 0 Å². The van der Waals surface area contributed by atoms with Gasteiger partial charge in [-0.2, -0.15) is 0 Å². The molecule has 0 aliphatic heterocycles. The zero-order chi connectivity index (χ0) is 14.0. The van der Waals surface area contributed by atoms with Crippen LogP contribution in [0.1, 0.15) is 26.7 Å². The Morgan fingerprint density at radius 3 is 2.33 bits per heavy atom. The van der Waals surface area contributed by atoms with E-state index in [0.29, 0.717) is 31.6 Å². The van der Waals surface area contributed by atoms with E-state index in [1.165, 1.54) is 0 Å². The summed E-state index contributed by atoms with van der Waals surface area (Å²) in [6.07, 6.45) is 1.22. The molecule has 0 spiro atoms. The van der Waals surface area contributed by atoms with Crippen molar-refractivity contribution in [3.05, 3.63) is 12.2 Å². The van der Waals surface area contributed by atoms with Gasteiger partial charge in [0, 0.05) is 24.0 Å². The molecule has 0 aliphatic carbocycles. The van der Waals surface area contributed by atoms with Crippen LogP contribution in [0.25, 0.3) is 0 Å². The third-order valence-corrected chi connectivity index (χ3v) is 2.84. The van der Waals surface area contributed by atoms with E-state index in [-0.39, 0.29) is 19.8 Å². The summed E-state index contributed by atoms with van der Waals surface area (Å²) in [5.41, 5.74) is -0.199. The zero-order valence-corrected chi connectivity index (χ0v) is 11.3. The standard InChI is InChI=1S/C13H24O5/c1-4-13(8-14,9-15)10-17-6-5-7-18-12(16)11(2)3/h14-15H,2,4-10H2,1,3H3. The van der Waals surface area contributed by atoms with Crippen LogP contribution in [-0.2, 0) is 14.3 Å². The first-order valence-corrected chi connectivity index (χ1v) is 6.13. The number of rotatable bonds is 10. The Morgan fingerprint density at radius 1 is 1.28 bits per heavy atom. The van der Waals surface area contributed by atoms with Crippen LogP contribution in [0.4, 0.5) is 0 Å². The van der Waals surface area contributed by atoms with Gasteiger partial charge in [0.2, 0.25) is 0 Å². The zero-order valence-electron chi connectivity index (χ0n) is 11.3. The van der Waals surface area contributed by atoms with E-state index in [2.05, 4.69) is 6.58 Å². The van der Waals surface area contributed by atoms with E-state index < -0.39 is 11.4 Å². The molecule has 0 aromatic carbocycles. The van der Waals surface area contributed by atoms with Crippen molar-refractivity contribution in [1.82, 2.24) is 0 Å². The van der Waals surface area contributed by atoms with Gasteiger partial charge in [-0.3, -0.25) is 0 Å². The van der Waals surface area contributed by atoms with Crippen molar-refractivity contribution in [3.8, 4) is 0 Å². The van der Waals surface area contributed by atoms with Crippen LogP contribution >= 0.6 is 0 Å². The molecule has 0 saturated heterocycles. The van der Waals surface area contributed by atoms with E-state index >= 15 is 0 Å². The van der Waals surface area contributed by atoms with Gasteiger partial charge in [0.05, 0.1) is 26.4 Å². The lowest BCUT2D eigenvalue weighted by Crippen LogP contribution is -2.34. The topological polar surface area (TPSA) is 76.0 Å². The van der Waals surface area contributed by atoms with Gasteiger partial charge in [0.1, 0.15) is 0 Å². The fourth-order valence-electron chi connectivity index (χ4n) is 1.20. The van der Waals surface area contributed by atoms with Gasteiger partial charge in [0.25, 0.3) is 0 Å². The predicted molar refractivity (Wildman–Crippen MR) is 68.1 cm³/mol. The molecule has 0 unspecified atom stereocenters. The van der Waals surface area contributed by atoms with Gasteiger partial charge < -0.3 is 19.7 Å². The Kier molecular flexibility index (Phi) is 8.62. The second-order valence-corrected chi connectivity index (χ2v) is 4.49. The van der Waals surface area contributed by atoms with Crippen LogP contribution in [-0.4, -0.2) is 49.2 Å². The Labute approximate surface area is 108 Å². The van der Waals surface area contributed by atoms with E-state index in [1.54, 1.807) is 6.92 Å². The fourth-order valence-corrected chi connectivity index (χ4v) is 1.20. The predicted octanol–water partition coefficient (Wildman–Crippen LogP) is 0.893. The van der Waals surface area contributed by atoms with Crippen molar-refractivity contribution in [3.63, 3.8) is 0 Å². The molecule has 0 amide bonds. The summed E-state index contributed by atoms with van der Waals surface area (Å²) in [7, 11) is 0. The molecule has 0 aromatic rings. The summed E-state index contributed by atoms with van der Waals surface area (Å²) >= 11 is 0. The van der Waals surface area contributed by atoms with E-state index in [1.807, 2.05) is 6.92 Å². The SMILES string of the molecule is C=C(C)C(=O)OCCCOCC(CC)(CO)CO. The molecule has 0 aromatic heterocycles. The summed E-state index contributed by atoms with van der Waals surface area (Å²) in [5, 5.41) is 18.4. The van der Waals surface area contributed by atoms with E-state index in [4.69, 9.17) is 9.47 Å². The summed E-state index contributed by atoms with van der Waals surface area (Å²) in [6, 6.07) is 0. The first-order chi connectivity index (χ1) is 8.51. The van der Waals surface area contributed by atoms with Gasteiger partial charge in [-0.1, -0.05) is 13.5 Å². The first-order valence-electron chi connectivity index (χ1n) is 6.13. The molecule has 0 fully saturated rings. The monoisotopic (exact) mass is 260 g/mol. The highest BCUT2D eigenvalue weighted by molar-refractivity contribution is 5.86. The average molecular weight is 260 g/mol. The molecule has 0 radical (unpaired) electrons. The maximum absolute atomic E-state index is 11.0. The number of hydrogen-bond acceptors (Lipinski definition) is 5. The molecule has 0 bridgehead atoms. The molecule has 0 atom stereocenters. The normalized spacial score (nSPS) is 11.3. The fraction of sp³-hybridized carbons (Fsp3) is 0.769. The van der Waals surface area contributed by atoms with Crippen molar-refractivity contribution < 1.29 is 24.5 Å². The highest BCUT2D eigenvalue weighted by Crippen LogP contribution is 2.20. The number of carbonyl (C=O) groups is 1. The van der Waals surface area contributed by atoms with Crippen molar-refractivity contribution in [2.75, 3.05) is 33.0 Å². The van der Waals surface area contributed by atoms with Crippen LogP contribution < -0.4 is 0 Å². The average Bonchev–Trinajstić information content (AvgIpc) is 2.38. The maximum atomic E-state index is 11.0. The lowest BCUT2D eigenvalue weighted by Gasteiger charge is -2.27. The molecular formula is C13H24O5. The largest absolute Gasteiger partial charge is 0.462 e. The third-order valence-electron chi connectivity index (χ3n) is 2.84. The van der Waals surface area contributed by atoms with Gasteiger partial charge in [-0.25, -0.2) is 4.79 Å². The molecule has 0 saturated carbocycles. The van der Waals surface area contributed by atoms with Crippen molar-refractivity contribution in [2.24, 2.45) is 5.41 Å². The quantitative estimate of drug-likeness (QED) is 0.346. The minimum absolute atomic E-state index is 0.107. The van der Waals surface area contributed by atoms with E-state index in [9.17, 15) is 15.0 Å². The summed E-state index contributed by atoms with van der Waals surface area (Å²) in [5.74, 6) is -0.399. The lowest BCUT2D eigenvalue weighted by molar-refractivity contribution is -0.139. The lowest BCUT2D eigenvalue weighted by atomic mass is 9.88. The highest BCUT2D eigenvalue weighted by atomic mass is 16.5. The Bertz CT molecular complexity index is 250. The Morgan fingerprint density at radius 2 is 1.89 bits per heavy atom. The molecule has 0 aliphatic rings. The number of hydrogen-bond donors (Lipinski definition) is 2.